The van der Waals surface area contributed by atoms with Gasteiger partial charge in [-0.2, -0.15) is 10.4 Å². The monoisotopic (exact) mass is 520 g/mol. The van der Waals surface area contributed by atoms with Gasteiger partial charge in [0.2, 0.25) is 0 Å². The van der Waals surface area contributed by atoms with Gasteiger partial charge in [-0.1, -0.05) is 32.6 Å². The van der Waals surface area contributed by atoms with Crippen LogP contribution in [0.25, 0.3) is 11.0 Å². The predicted molar refractivity (Wildman–Crippen MR) is 146 cm³/mol. The van der Waals surface area contributed by atoms with Crippen LogP contribution in [0.2, 0.25) is 0 Å². The molecular formula is C28H40N8O2. The Hall–Kier alpha value is -3.19. The molecule has 0 spiro atoms. The number of nitrogens with one attached hydrogen (secondary N) is 1. The van der Waals surface area contributed by atoms with Crippen LogP contribution < -0.4 is 0 Å². The van der Waals surface area contributed by atoms with Gasteiger partial charge >= 0.3 is 6.09 Å². The molecule has 0 saturated carbocycles. The summed E-state index contributed by atoms with van der Waals surface area (Å²) >= 11 is 0. The Bertz CT molecular complexity index is 1170. The van der Waals surface area contributed by atoms with Gasteiger partial charge in [-0.25, -0.2) is 14.8 Å². The third-order valence-corrected chi connectivity index (χ3v) is 8.52. The summed E-state index contributed by atoms with van der Waals surface area (Å²) in [6, 6.07) is 4.85. The molecule has 10 heteroatoms. The number of H-pyrrole nitrogens is 1. The molecule has 2 aromatic rings. The SMILES string of the molecule is CCCCCCCOC(=O)N1CCC(N2CC(CC#N)(N3CC(C)(c4ncnc5[nH]ccc45)C=N3)C2)CC1. The lowest BCUT2D eigenvalue weighted by molar-refractivity contribution is -0.0807. The van der Waals surface area contributed by atoms with Crippen LogP contribution in [0.5, 0.6) is 0 Å². The molecule has 0 radical (unpaired) electrons. The van der Waals surface area contributed by atoms with Crippen molar-refractivity contribution in [3.8, 4) is 6.07 Å². The Balaban J connectivity index is 1.12. The zero-order valence-corrected chi connectivity index (χ0v) is 22.7. The molecule has 38 heavy (non-hydrogen) atoms. The third-order valence-electron chi connectivity index (χ3n) is 8.52. The van der Waals surface area contributed by atoms with E-state index in [1.54, 1.807) is 6.33 Å². The lowest BCUT2D eigenvalue weighted by Crippen LogP contribution is -2.71. The number of nitrogens with zero attached hydrogens (tertiary/aromatic N) is 7. The number of ether oxygens (including phenoxy) is 1. The van der Waals surface area contributed by atoms with Crippen LogP contribution in [0.3, 0.4) is 0 Å². The van der Waals surface area contributed by atoms with E-state index in [0.29, 0.717) is 25.6 Å². The first-order chi connectivity index (χ1) is 18.5. The van der Waals surface area contributed by atoms with Crippen molar-refractivity contribution in [3.63, 3.8) is 0 Å². The quantitative estimate of drug-likeness (QED) is 0.470. The number of aromatic nitrogens is 3. The van der Waals surface area contributed by atoms with Crippen LogP contribution in [0, 0.1) is 11.3 Å². The van der Waals surface area contributed by atoms with E-state index in [4.69, 9.17) is 9.84 Å². The highest BCUT2D eigenvalue weighted by atomic mass is 16.6. The molecule has 2 saturated heterocycles. The normalized spacial score (nSPS) is 23.5. The highest BCUT2D eigenvalue weighted by Gasteiger charge is 2.53. The number of carbonyl (C=O) groups excluding carboxylic acids is 1. The minimum atomic E-state index is -0.353. The van der Waals surface area contributed by atoms with Gasteiger partial charge in [0.15, 0.2) is 0 Å². The smallest absolute Gasteiger partial charge is 0.409 e. The van der Waals surface area contributed by atoms with Crippen LogP contribution in [-0.4, -0.2) is 93.0 Å². The molecule has 3 aliphatic rings. The maximum Gasteiger partial charge on any atom is 0.409 e. The van der Waals surface area contributed by atoms with Crippen molar-refractivity contribution in [2.75, 3.05) is 39.3 Å². The molecular weight excluding hydrogens is 480 g/mol. The van der Waals surface area contributed by atoms with Crippen molar-refractivity contribution < 1.29 is 9.53 Å². The van der Waals surface area contributed by atoms with Crippen molar-refractivity contribution in [1.29, 1.82) is 5.26 Å². The number of hydrazone groups is 1. The zero-order valence-electron chi connectivity index (χ0n) is 22.7. The highest BCUT2D eigenvalue weighted by molar-refractivity contribution is 5.86. The Kier molecular flexibility index (Phi) is 7.84. The van der Waals surface area contributed by atoms with Crippen molar-refractivity contribution in [1.82, 2.24) is 29.8 Å². The van der Waals surface area contributed by atoms with Crippen LogP contribution in [0.15, 0.2) is 23.7 Å². The van der Waals surface area contributed by atoms with E-state index in [2.05, 4.69) is 44.8 Å². The van der Waals surface area contributed by atoms with Crippen molar-refractivity contribution in [3.05, 3.63) is 24.3 Å². The maximum absolute atomic E-state index is 12.5. The van der Waals surface area contributed by atoms with Gasteiger partial charge in [0.1, 0.15) is 12.0 Å². The predicted octanol–water partition coefficient (Wildman–Crippen LogP) is 4.06. The van der Waals surface area contributed by atoms with Crippen LogP contribution in [0.1, 0.15) is 70.9 Å². The van der Waals surface area contributed by atoms with Gasteiger partial charge in [-0.15, -0.1) is 0 Å². The molecule has 1 atom stereocenters. The lowest BCUT2D eigenvalue weighted by atomic mass is 9.81. The minimum Gasteiger partial charge on any atom is -0.449 e. The van der Waals surface area contributed by atoms with E-state index in [0.717, 1.165) is 68.6 Å². The number of hydrogen-bond acceptors (Lipinski definition) is 8. The molecule has 5 rings (SSSR count). The summed E-state index contributed by atoms with van der Waals surface area (Å²) in [5, 5.41) is 17.6. The van der Waals surface area contributed by atoms with Gasteiger partial charge in [0.05, 0.1) is 42.3 Å². The second-order valence-corrected chi connectivity index (χ2v) is 11.4. The summed E-state index contributed by atoms with van der Waals surface area (Å²) in [4.78, 5) is 28.9. The number of nitriles is 1. The largest absolute Gasteiger partial charge is 0.449 e. The van der Waals surface area contributed by atoms with Gasteiger partial charge in [-0.3, -0.25) is 9.91 Å². The van der Waals surface area contributed by atoms with Crippen LogP contribution >= 0.6 is 0 Å². The summed E-state index contributed by atoms with van der Waals surface area (Å²) in [6.45, 7) is 8.62. The summed E-state index contributed by atoms with van der Waals surface area (Å²) in [7, 11) is 0. The number of aromatic amines is 1. The summed E-state index contributed by atoms with van der Waals surface area (Å²) in [5.74, 6) is 0. The molecule has 10 nitrogen and oxygen atoms in total. The van der Waals surface area contributed by atoms with Crippen molar-refractivity contribution >= 4 is 23.3 Å². The number of amides is 1. The number of fused-ring (bicyclic) bond motifs is 1. The van der Waals surface area contributed by atoms with E-state index in [1.165, 1.54) is 19.3 Å². The Morgan fingerprint density at radius 1 is 1.18 bits per heavy atom. The van der Waals surface area contributed by atoms with Crippen molar-refractivity contribution in [2.45, 2.75) is 82.2 Å². The number of piperidine rings is 1. The average molecular weight is 521 g/mol. The Morgan fingerprint density at radius 3 is 2.74 bits per heavy atom. The Morgan fingerprint density at radius 2 is 1.97 bits per heavy atom. The number of likely N-dealkylation sites (tertiary alicyclic amines) is 2. The first-order valence-electron chi connectivity index (χ1n) is 14.1. The molecule has 2 aromatic heterocycles. The molecule has 1 amide bonds. The van der Waals surface area contributed by atoms with Gasteiger partial charge < -0.3 is 14.6 Å². The molecule has 204 valence electrons. The number of hydrogen-bond donors (Lipinski definition) is 1. The fraction of sp³-hybridized carbons (Fsp3) is 0.679. The van der Waals surface area contributed by atoms with Crippen LogP contribution in [0.4, 0.5) is 4.79 Å². The average Bonchev–Trinajstić information content (AvgIpc) is 3.55. The van der Waals surface area contributed by atoms with E-state index in [-0.39, 0.29) is 17.0 Å². The lowest BCUT2D eigenvalue weighted by Gasteiger charge is -2.56. The number of carbonyl (C=O) groups is 1. The van der Waals surface area contributed by atoms with Gasteiger partial charge in [0.25, 0.3) is 0 Å². The minimum absolute atomic E-state index is 0.173. The second-order valence-electron chi connectivity index (χ2n) is 11.4. The molecule has 2 fully saturated rings. The fourth-order valence-corrected chi connectivity index (χ4v) is 6.19. The second kappa shape index (κ2) is 11.3. The van der Waals surface area contributed by atoms with E-state index in [9.17, 15) is 10.1 Å². The maximum atomic E-state index is 12.5. The number of rotatable bonds is 10. The zero-order chi connectivity index (χ0) is 26.6. The highest BCUT2D eigenvalue weighted by Crippen LogP contribution is 2.40. The van der Waals surface area contributed by atoms with Crippen LogP contribution in [-0.2, 0) is 10.2 Å². The van der Waals surface area contributed by atoms with Crippen molar-refractivity contribution in [2.24, 2.45) is 5.10 Å². The third kappa shape index (κ3) is 5.21. The standard InChI is InChI=1S/C28H40N8O2/c1-3-4-5-6-7-16-38-26(37)34-14-9-22(10-15-34)35-19-28(20-35,11-12-29)36-18-27(2,17-33-36)24-23-8-13-30-25(23)32-21-31-24/h8,13,17,21-22H,3-7,9-11,14-16,18-20H2,1-2H3,(H,30,31,32). The number of unbranched alkanes of at least 4 members (excludes halogenated alkanes) is 4. The molecule has 1 N–H and O–H groups in total. The topological polar surface area (TPSA) is 114 Å². The van der Waals surface area contributed by atoms with E-state index >= 15 is 0 Å². The van der Waals surface area contributed by atoms with E-state index < -0.39 is 0 Å². The summed E-state index contributed by atoms with van der Waals surface area (Å²) in [6.07, 6.45) is 13.3. The molecule has 0 aliphatic carbocycles. The van der Waals surface area contributed by atoms with E-state index in [1.807, 2.05) is 23.4 Å². The fourth-order valence-electron chi connectivity index (χ4n) is 6.19. The van der Waals surface area contributed by atoms with Gasteiger partial charge in [-0.05, 0) is 32.3 Å². The first kappa shape index (κ1) is 26.4. The van der Waals surface area contributed by atoms with Gasteiger partial charge in [0, 0.05) is 50.0 Å². The Labute approximate surface area is 225 Å². The summed E-state index contributed by atoms with van der Waals surface area (Å²) < 4.78 is 5.51. The molecule has 0 aromatic carbocycles. The molecule has 0 bridgehead atoms. The molecule has 5 heterocycles. The first-order valence-corrected chi connectivity index (χ1v) is 14.1. The molecule has 1 unspecified atom stereocenters. The molecule has 3 aliphatic heterocycles. The summed E-state index contributed by atoms with van der Waals surface area (Å²) in [5.41, 5.74) is 1.14.